The van der Waals surface area contributed by atoms with E-state index in [0.29, 0.717) is 6.42 Å². The van der Waals surface area contributed by atoms with Crippen LogP contribution in [0.3, 0.4) is 0 Å². The maximum atomic E-state index is 13.0. The SMILES string of the molecule is CC(=O)NNC(=O)COC(=O)[C@@H]1CCCN1S(=O)(=O)c1ccc(F)cc1. The second-order valence-corrected chi connectivity index (χ2v) is 7.46. The molecule has 1 atom stereocenters. The van der Waals surface area contributed by atoms with E-state index in [9.17, 15) is 27.2 Å². The van der Waals surface area contributed by atoms with Gasteiger partial charge in [0.25, 0.3) is 5.91 Å². The van der Waals surface area contributed by atoms with Crippen molar-refractivity contribution in [2.75, 3.05) is 13.2 Å². The number of nitrogens with zero attached hydrogens (tertiary/aromatic N) is 1. The van der Waals surface area contributed by atoms with Gasteiger partial charge in [0.1, 0.15) is 11.9 Å². The topological polar surface area (TPSA) is 122 Å². The molecule has 2 rings (SSSR count). The lowest BCUT2D eigenvalue weighted by atomic mass is 10.2. The molecule has 1 aliphatic rings. The fourth-order valence-corrected chi connectivity index (χ4v) is 4.08. The number of ether oxygens (including phenoxy) is 1. The molecule has 0 saturated carbocycles. The minimum absolute atomic E-state index is 0.109. The van der Waals surface area contributed by atoms with Crippen molar-refractivity contribution in [1.82, 2.24) is 15.2 Å². The smallest absolute Gasteiger partial charge is 0.324 e. The molecule has 0 unspecified atom stereocenters. The van der Waals surface area contributed by atoms with E-state index in [1.807, 2.05) is 10.9 Å². The number of carbonyl (C=O) groups is 3. The van der Waals surface area contributed by atoms with E-state index in [2.05, 4.69) is 0 Å². The Balaban J connectivity index is 2.02. The number of hydrogen-bond donors (Lipinski definition) is 2. The summed E-state index contributed by atoms with van der Waals surface area (Å²) in [6.07, 6.45) is 0.685. The maximum absolute atomic E-state index is 13.0. The third kappa shape index (κ3) is 4.76. The highest BCUT2D eigenvalue weighted by molar-refractivity contribution is 7.89. The Kier molecular flexibility index (Phi) is 6.27. The number of hydrogen-bond acceptors (Lipinski definition) is 6. The van der Waals surface area contributed by atoms with Crippen molar-refractivity contribution in [2.24, 2.45) is 0 Å². The van der Waals surface area contributed by atoms with Gasteiger partial charge in [-0.05, 0) is 37.1 Å². The Morgan fingerprint density at radius 2 is 1.88 bits per heavy atom. The highest BCUT2D eigenvalue weighted by Crippen LogP contribution is 2.26. The number of nitrogens with one attached hydrogen (secondary N) is 2. The van der Waals surface area contributed by atoms with Crippen molar-refractivity contribution in [3.8, 4) is 0 Å². The van der Waals surface area contributed by atoms with Crippen LogP contribution >= 0.6 is 0 Å². The van der Waals surface area contributed by atoms with Gasteiger partial charge in [-0.25, -0.2) is 12.8 Å². The van der Waals surface area contributed by atoms with E-state index < -0.39 is 46.3 Å². The summed E-state index contributed by atoms with van der Waals surface area (Å²) < 4.78 is 44.1. The molecule has 2 N–H and O–H groups in total. The molecule has 1 aromatic carbocycles. The first-order valence-electron chi connectivity index (χ1n) is 7.71. The van der Waals surface area contributed by atoms with Crippen molar-refractivity contribution in [2.45, 2.75) is 30.7 Å². The van der Waals surface area contributed by atoms with Crippen molar-refractivity contribution < 1.29 is 31.9 Å². The fraction of sp³-hybridized carbons (Fsp3) is 0.400. The molecule has 11 heteroatoms. The Bertz CT molecular complexity index is 796. The van der Waals surface area contributed by atoms with Gasteiger partial charge in [0.2, 0.25) is 15.9 Å². The first-order valence-corrected chi connectivity index (χ1v) is 9.15. The van der Waals surface area contributed by atoms with Crippen LogP contribution in [0.5, 0.6) is 0 Å². The van der Waals surface area contributed by atoms with Gasteiger partial charge in [-0.2, -0.15) is 4.31 Å². The van der Waals surface area contributed by atoms with E-state index >= 15 is 0 Å². The van der Waals surface area contributed by atoms with Crippen LogP contribution in [0.2, 0.25) is 0 Å². The molecule has 0 bridgehead atoms. The van der Waals surface area contributed by atoms with E-state index in [4.69, 9.17) is 4.74 Å². The monoisotopic (exact) mass is 387 g/mol. The van der Waals surface area contributed by atoms with Gasteiger partial charge in [-0.15, -0.1) is 0 Å². The van der Waals surface area contributed by atoms with Crippen LogP contribution in [0.1, 0.15) is 19.8 Å². The summed E-state index contributed by atoms with van der Waals surface area (Å²) in [4.78, 5) is 34.1. The fourth-order valence-electron chi connectivity index (χ4n) is 2.43. The maximum Gasteiger partial charge on any atom is 0.324 e. The predicted molar refractivity (Wildman–Crippen MR) is 86.2 cm³/mol. The number of esters is 1. The van der Waals surface area contributed by atoms with Gasteiger partial charge in [0.05, 0.1) is 4.90 Å². The van der Waals surface area contributed by atoms with Gasteiger partial charge in [0.15, 0.2) is 6.61 Å². The van der Waals surface area contributed by atoms with Crippen molar-refractivity contribution >= 4 is 27.8 Å². The Morgan fingerprint density at radius 1 is 1.23 bits per heavy atom. The standard InChI is InChI=1S/C15H18FN3O6S/c1-10(20)17-18-14(21)9-25-15(22)13-3-2-8-19(13)26(23,24)12-6-4-11(16)5-7-12/h4-7,13H,2-3,8-9H2,1H3,(H,17,20)(H,18,21)/t13-/m0/s1. The van der Waals surface area contributed by atoms with Crippen molar-refractivity contribution in [1.29, 1.82) is 0 Å². The second-order valence-electron chi connectivity index (χ2n) is 5.56. The molecule has 1 aliphatic heterocycles. The number of benzene rings is 1. The Morgan fingerprint density at radius 3 is 2.50 bits per heavy atom. The molecule has 1 aromatic rings. The van der Waals surface area contributed by atoms with Crippen LogP contribution < -0.4 is 10.9 Å². The highest BCUT2D eigenvalue weighted by atomic mass is 32.2. The molecular weight excluding hydrogens is 369 g/mol. The molecule has 0 radical (unpaired) electrons. The lowest BCUT2D eigenvalue weighted by Gasteiger charge is -2.22. The van der Waals surface area contributed by atoms with Gasteiger partial charge >= 0.3 is 5.97 Å². The highest BCUT2D eigenvalue weighted by Gasteiger charge is 2.40. The molecule has 2 amide bonds. The molecule has 0 aliphatic carbocycles. The number of hydrazine groups is 1. The molecule has 0 aromatic heterocycles. The first-order chi connectivity index (χ1) is 12.2. The number of halogens is 1. The molecular formula is C15H18FN3O6S. The Labute approximate surface area is 149 Å². The van der Waals surface area contributed by atoms with E-state index in [1.165, 1.54) is 6.92 Å². The zero-order chi connectivity index (χ0) is 19.3. The zero-order valence-electron chi connectivity index (χ0n) is 13.9. The summed E-state index contributed by atoms with van der Waals surface area (Å²) >= 11 is 0. The van der Waals surface area contributed by atoms with Crippen LogP contribution in [0.15, 0.2) is 29.2 Å². The summed E-state index contributed by atoms with van der Waals surface area (Å²) in [6, 6.07) is 3.20. The van der Waals surface area contributed by atoms with Crippen LogP contribution in [0.4, 0.5) is 4.39 Å². The van der Waals surface area contributed by atoms with Crippen molar-refractivity contribution in [3.05, 3.63) is 30.1 Å². The number of rotatable bonds is 5. The lowest BCUT2D eigenvalue weighted by molar-refractivity contribution is -0.152. The molecule has 26 heavy (non-hydrogen) atoms. The third-order valence-corrected chi connectivity index (χ3v) is 5.54. The largest absolute Gasteiger partial charge is 0.454 e. The molecule has 9 nitrogen and oxygen atoms in total. The first kappa shape index (κ1) is 19.8. The number of sulfonamides is 1. The van der Waals surface area contributed by atoms with E-state index in [-0.39, 0.29) is 17.9 Å². The molecule has 142 valence electrons. The van der Waals surface area contributed by atoms with Crippen LogP contribution in [0.25, 0.3) is 0 Å². The molecule has 1 fully saturated rings. The normalized spacial score (nSPS) is 17.5. The number of carbonyl (C=O) groups excluding carboxylic acids is 3. The average molecular weight is 387 g/mol. The minimum Gasteiger partial charge on any atom is -0.454 e. The average Bonchev–Trinajstić information content (AvgIpc) is 3.09. The lowest BCUT2D eigenvalue weighted by Crippen LogP contribution is -2.45. The minimum atomic E-state index is -4.00. The summed E-state index contributed by atoms with van der Waals surface area (Å²) in [6.45, 7) is 0.626. The summed E-state index contributed by atoms with van der Waals surface area (Å²) in [5.41, 5.74) is 4.05. The molecule has 0 spiro atoms. The van der Waals surface area contributed by atoms with Crippen LogP contribution in [-0.4, -0.2) is 49.7 Å². The van der Waals surface area contributed by atoms with Gasteiger partial charge in [-0.3, -0.25) is 25.2 Å². The summed E-state index contributed by atoms with van der Waals surface area (Å²) in [7, 11) is -4.00. The van der Waals surface area contributed by atoms with Gasteiger partial charge in [-0.1, -0.05) is 0 Å². The second kappa shape index (κ2) is 8.23. The quantitative estimate of drug-likeness (QED) is 0.528. The van der Waals surface area contributed by atoms with E-state index in [0.717, 1.165) is 28.6 Å². The third-order valence-electron chi connectivity index (χ3n) is 3.62. The molecule has 1 heterocycles. The van der Waals surface area contributed by atoms with Gasteiger partial charge in [0, 0.05) is 13.5 Å². The predicted octanol–water partition coefficient (Wildman–Crippen LogP) is -0.311. The van der Waals surface area contributed by atoms with Gasteiger partial charge < -0.3 is 4.74 Å². The van der Waals surface area contributed by atoms with Crippen LogP contribution in [-0.2, 0) is 29.1 Å². The van der Waals surface area contributed by atoms with E-state index in [1.54, 1.807) is 0 Å². The zero-order valence-corrected chi connectivity index (χ0v) is 14.7. The summed E-state index contributed by atoms with van der Waals surface area (Å²) in [5, 5.41) is 0. The van der Waals surface area contributed by atoms with Crippen molar-refractivity contribution in [3.63, 3.8) is 0 Å². The van der Waals surface area contributed by atoms with Crippen LogP contribution in [0, 0.1) is 5.82 Å². The Hall–Kier alpha value is -2.53. The number of amides is 2. The summed E-state index contributed by atoms with van der Waals surface area (Å²) in [5.74, 6) is -2.71. The molecule has 1 saturated heterocycles.